The van der Waals surface area contributed by atoms with E-state index in [2.05, 4.69) is 5.32 Å². The molecule has 2 aliphatic rings. The van der Waals surface area contributed by atoms with E-state index in [-0.39, 0.29) is 17.9 Å². The van der Waals surface area contributed by atoms with Crippen LogP contribution >= 0.6 is 0 Å². The minimum atomic E-state index is -0.0902. The van der Waals surface area contributed by atoms with Crippen molar-refractivity contribution in [3.8, 4) is 5.75 Å². The highest BCUT2D eigenvalue weighted by molar-refractivity contribution is 5.94. The number of nitrogens with zero attached hydrogens (tertiary/aromatic N) is 1. The summed E-state index contributed by atoms with van der Waals surface area (Å²) < 4.78 is 11.1. The molecule has 148 valence electrons. The van der Waals surface area contributed by atoms with Gasteiger partial charge in [0.05, 0.1) is 12.4 Å². The SMILES string of the molecule is O=C(NC1CCN(C(=O)c2ccco2)CC1)c1ccc(OC2CCCC2)cc1. The Kier molecular flexibility index (Phi) is 5.65. The second-order valence-electron chi connectivity index (χ2n) is 7.57. The summed E-state index contributed by atoms with van der Waals surface area (Å²) in [5, 5.41) is 3.08. The Morgan fingerprint density at radius 2 is 1.71 bits per heavy atom. The van der Waals surface area contributed by atoms with Crippen molar-refractivity contribution in [3.05, 3.63) is 54.0 Å². The van der Waals surface area contributed by atoms with Crippen molar-refractivity contribution < 1.29 is 18.7 Å². The van der Waals surface area contributed by atoms with Crippen LogP contribution in [0.4, 0.5) is 0 Å². The molecule has 2 amide bonds. The van der Waals surface area contributed by atoms with E-state index in [4.69, 9.17) is 9.15 Å². The van der Waals surface area contributed by atoms with E-state index in [1.54, 1.807) is 17.0 Å². The van der Waals surface area contributed by atoms with Crippen LogP contribution in [-0.4, -0.2) is 41.9 Å². The van der Waals surface area contributed by atoms with Crippen molar-refractivity contribution in [2.75, 3.05) is 13.1 Å². The molecule has 0 bridgehead atoms. The molecule has 6 nitrogen and oxygen atoms in total. The Morgan fingerprint density at radius 3 is 2.36 bits per heavy atom. The normalized spacial score (nSPS) is 18.2. The summed E-state index contributed by atoms with van der Waals surface area (Å²) in [6, 6.07) is 10.8. The standard InChI is InChI=1S/C22H26N2O4/c25-21(16-7-9-19(10-8-16)28-18-4-1-2-5-18)23-17-11-13-24(14-12-17)22(26)20-6-3-15-27-20/h3,6-10,15,17-18H,1-2,4-5,11-14H2,(H,23,25). The first kappa shape index (κ1) is 18.6. The summed E-state index contributed by atoms with van der Waals surface area (Å²) in [6.45, 7) is 1.22. The van der Waals surface area contributed by atoms with Gasteiger partial charge < -0.3 is 19.4 Å². The van der Waals surface area contributed by atoms with Crippen molar-refractivity contribution in [1.82, 2.24) is 10.2 Å². The van der Waals surface area contributed by atoms with E-state index >= 15 is 0 Å². The fourth-order valence-electron chi connectivity index (χ4n) is 3.94. The lowest BCUT2D eigenvalue weighted by Crippen LogP contribution is -2.46. The number of likely N-dealkylation sites (tertiary alicyclic amines) is 1. The smallest absolute Gasteiger partial charge is 0.289 e. The molecule has 0 unspecified atom stereocenters. The van der Waals surface area contributed by atoms with E-state index in [9.17, 15) is 9.59 Å². The van der Waals surface area contributed by atoms with Gasteiger partial charge in [0.1, 0.15) is 5.75 Å². The third-order valence-corrected chi connectivity index (χ3v) is 5.57. The van der Waals surface area contributed by atoms with Gasteiger partial charge in [-0.05, 0) is 74.9 Å². The molecular weight excluding hydrogens is 356 g/mol. The Bertz CT molecular complexity index is 786. The number of rotatable bonds is 5. The van der Waals surface area contributed by atoms with Gasteiger partial charge in [-0.2, -0.15) is 0 Å². The summed E-state index contributed by atoms with van der Waals surface area (Å²) in [7, 11) is 0. The van der Waals surface area contributed by atoms with E-state index < -0.39 is 0 Å². The van der Waals surface area contributed by atoms with Crippen LogP contribution in [0.5, 0.6) is 5.75 Å². The number of hydrogen-bond donors (Lipinski definition) is 1. The van der Waals surface area contributed by atoms with Crippen LogP contribution in [0.15, 0.2) is 47.1 Å². The van der Waals surface area contributed by atoms with Crippen LogP contribution in [0.1, 0.15) is 59.4 Å². The maximum Gasteiger partial charge on any atom is 0.289 e. The van der Waals surface area contributed by atoms with Crippen molar-refractivity contribution in [2.45, 2.75) is 50.7 Å². The molecule has 1 aromatic heterocycles. The van der Waals surface area contributed by atoms with Crippen molar-refractivity contribution in [2.24, 2.45) is 0 Å². The third kappa shape index (κ3) is 4.38. The second-order valence-corrected chi connectivity index (χ2v) is 7.57. The third-order valence-electron chi connectivity index (χ3n) is 5.57. The van der Waals surface area contributed by atoms with Crippen molar-refractivity contribution in [3.63, 3.8) is 0 Å². The predicted octanol–water partition coefficient (Wildman–Crippen LogP) is 3.64. The molecule has 2 fully saturated rings. The van der Waals surface area contributed by atoms with Crippen LogP contribution in [0.25, 0.3) is 0 Å². The van der Waals surface area contributed by atoms with Crippen LogP contribution in [0, 0.1) is 0 Å². The van der Waals surface area contributed by atoms with Gasteiger partial charge in [0.15, 0.2) is 5.76 Å². The van der Waals surface area contributed by atoms with Gasteiger partial charge in [-0.15, -0.1) is 0 Å². The van der Waals surface area contributed by atoms with Gasteiger partial charge in [0.25, 0.3) is 11.8 Å². The maximum atomic E-state index is 12.5. The Morgan fingerprint density at radius 1 is 1.00 bits per heavy atom. The number of piperidine rings is 1. The average Bonchev–Trinajstić information content (AvgIpc) is 3.43. The molecular formula is C22H26N2O4. The minimum absolute atomic E-state index is 0.0718. The molecule has 28 heavy (non-hydrogen) atoms. The zero-order valence-electron chi connectivity index (χ0n) is 15.9. The molecule has 1 saturated heterocycles. The number of carbonyl (C=O) groups excluding carboxylic acids is 2. The highest BCUT2D eigenvalue weighted by Gasteiger charge is 2.26. The molecule has 1 aliphatic carbocycles. The summed E-state index contributed by atoms with van der Waals surface area (Å²) in [4.78, 5) is 26.6. The number of ether oxygens (including phenoxy) is 1. The van der Waals surface area contributed by atoms with E-state index in [1.807, 2.05) is 24.3 Å². The van der Waals surface area contributed by atoms with Crippen LogP contribution in [-0.2, 0) is 0 Å². The number of nitrogens with one attached hydrogen (secondary N) is 1. The van der Waals surface area contributed by atoms with Gasteiger partial charge in [-0.3, -0.25) is 9.59 Å². The Labute approximate surface area is 164 Å². The molecule has 0 spiro atoms. The van der Waals surface area contributed by atoms with Gasteiger partial charge >= 0.3 is 0 Å². The lowest BCUT2D eigenvalue weighted by atomic mass is 10.0. The maximum absolute atomic E-state index is 12.5. The topological polar surface area (TPSA) is 71.8 Å². The minimum Gasteiger partial charge on any atom is -0.490 e. The molecule has 4 rings (SSSR count). The van der Waals surface area contributed by atoms with Gasteiger partial charge in [-0.25, -0.2) is 0 Å². The van der Waals surface area contributed by atoms with Crippen molar-refractivity contribution in [1.29, 1.82) is 0 Å². The van der Waals surface area contributed by atoms with E-state index in [0.29, 0.717) is 30.5 Å². The fraction of sp³-hybridized carbons (Fsp3) is 0.455. The van der Waals surface area contributed by atoms with Gasteiger partial charge in [0.2, 0.25) is 0 Å². The molecule has 1 aliphatic heterocycles. The average molecular weight is 382 g/mol. The largest absolute Gasteiger partial charge is 0.490 e. The van der Waals surface area contributed by atoms with Crippen molar-refractivity contribution >= 4 is 11.8 Å². The summed E-state index contributed by atoms with van der Waals surface area (Å²) in [6.07, 6.45) is 7.99. The summed E-state index contributed by atoms with van der Waals surface area (Å²) in [5.41, 5.74) is 0.632. The number of hydrogen-bond acceptors (Lipinski definition) is 4. The molecule has 2 aromatic rings. The van der Waals surface area contributed by atoms with Gasteiger partial charge in [0, 0.05) is 24.7 Å². The zero-order valence-corrected chi connectivity index (χ0v) is 15.9. The van der Waals surface area contributed by atoms with E-state index in [1.165, 1.54) is 19.1 Å². The number of carbonyl (C=O) groups is 2. The predicted molar refractivity (Wildman–Crippen MR) is 104 cm³/mol. The molecule has 1 aromatic carbocycles. The lowest BCUT2D eigenvalue weighted by molar-refractivity contribution is 0.0667. The first-order valence-electron chi connectivity index (χ1n) is 10.1. The zero-order chi connectivity index (χ0) is 19.3. The van der Waals surface area contributed by atoms with Crippen LogP contribution in [0.2, 0.25) is 0 Å². The van der Waals surface area contributed by atoms with Gasteiger partial charge in [-0.1, -0.05) is 0 Å². The molecule has 1 N–H and O–H groups in total. The molecule has 2 heterocycles. The number of furan rings is 1. The second kappa shape index (κ2) is 8.50. The summed E-state index contributed by atoms with van der Waals surface area (Å²) in [5.74, 6) is 1.02. The quantitative estimate of drug-likeness (QED) is 0.857. The number of amides is 2. The lowest BCUT2D eigenvalue weighted by Gasteiger charge is -2.31. The number of benzene rings is 1. The fourth-order valence-corrected chi connectivity index (χ4v) is 3.94. The molecule has 0 radical (unpaired) electrons. The highest BCUT2D eigenvalue weighted by Crippen LogP contribution is 2.24. The first-order chi connectivity index (χ1) is 13.7. The van der Waals surface area contributed by atoms with E-state index in [0.717, 1.165) is 31.4 Å². The first-order valence-corrected chi connectivity index (χ1v) is 10.1. The van der Waals surface area contributed by atoms with Crippen LogP contribution in [0.3, 0.4) is 0 Å². The monoisotopic (exact) mass is 382 g/mol. The highest BCUT2D eigenvalue weighted by atomic mass is 16.5. The summed E-state index contributed by atoms with van der Waals surface area (Å²) >= 11 is 0. The van der Waals surface area contributed by atoms with Crippen LogP contribution < -0.4 is 10.1 Å². The molecule has 1 saturated carbocycles. The molecule has 0 atom stereocenters. The Hall–Kier alpha value is -2.76. The molecule has 6 heteroatoms. The Balaban J connectivity index is 1.25.